The molecule has 3 aromatic carbocycles. The number of rotatable bonds is 4. The second kappa shape index (κ2) is 11.2. The molecule has 1 atom stereocenters. The predicted octanol–water partition coefficient (Wildman–Crippen LogP) is 6.26. The van der Waals surface area contributed by atoms with Crippen LogP contribution >= 0.6 is 23.2 Å². The third-order valence-electron chi connectivity index (χ3n) is 7.08. The molecule has 0 spiro atoms. The number of nitrogens with one attached hydrogen (secondary N) is 2. The molecule has 2 aliphatic heterocycles. The van der Waals surface area contributed by atoms with E-state index in [1.165, 1.54) is 18.2 Å². The minimum atomic E-state index is -0.723. The Morgan fingerprint density at radius 1 is 1.07 bits per heavy atom. The molecule has 208 valence electrons. The Hall–Kier alpha value is -3.92. The summed E-state index contributed by atoms with van der Waals surface area (Å²) in [6.45, 7) is 4.10. The smallest absolute Gasteiger partial charge is 0.255 e. The minimum absolute atomic E-state index is 0.109. The van der Waals surface area contributed by atoms with Gasteiger partial charge in [0.15, 0.2) is 0 Å². The van der Waals surface area contributed by atoms with Crippen LogP contribution in [0.15, 0.2) is 65.8 Å². The lowest BCUT2D eigenvalue weighted by Gasteiger charge is -2.32. The van der Waals surface area contributed by atoms with Crippen molar-refractivity contribution in [3.63, 3.8) is 0 Å². The zero-order chi connectivity index (χ0) is 28.7. The van der Waals surface area contributed by atoms with Crippen molar-refractivity contribution in [3.8, 4) is 11.3 Å². The molecule has 3 heterocycles. The topological polar surface area (TPSA) is 82.5 Å². The molecule has 1 fully saturated rings. The highest BCUT2D eigenvalue weighted by molar-refractivity contribution is 6.34. The average Bonchev–Trinajstić information content (AvgIpc) is 3.09. The number of aliphatic imine (C=N–C) groups is 1. The Morgan fingerprint density at radius 3 is 2.63 bits per heavy atom. The molecule has 41 heavy (non-hydrogen) atoms. The normalized spacial score (nSPS) is 16.4. The van der Waals surface area contributed by atoms with Gasteiger partial charge in [0, 0.05) is 59.3 Å². The molecule has 1 aromatic heterocycles. The molecule has 2 aliphatic rings. The van der Waals surface area contributed by atoms with Crippen molar-refractivity contribution >= 4 is 46.5 Å². The molecule has 11 heteroatoms. The molecule has 4 aromatic rings. The number of carbonyl (C=O) groups excluding carboxylic acids is 1. The van der Waals surface area contributed by atoms with E-state index < -0.39 is 11.6 Å². The molecule has 1 unspecified atom stereocenters. The van der Waals surface area contributed by atoms with Gasteiger partial charge in [0.2, 0.25) is 5.95 Å². The number of hydrogen-bond donors (Lipinski definition) is 2. The molecule has 1 saturated heterocycles. The van der Waals surface area contributed by atoms with E-state index in [9.17, 15) is 13.6 Å². The van der Waals surface area contributed by atoms with E-state index in [-0.39, 0.29) is 35.7 Å². The number of aromatic nitrogens is 2. The lowest BCUT2D eigenvalue weighted by molar-refractivity contribution is 0.0709. The van der Waals surface area contributed by atoms with Crippen LogP contribution in [0.4, 0.5) is 20.4 Å². The summed E-state index contributed by atoms with van der Waals surface area (Å²) in [4.78, 5) is 28.5. The summed E-state index contributed by atoms with van der Waals surface area (Å²) < 4.78 is 29.6. The zero-order valence-corrected chi connectivity index (χ0v) is 23.4. The predicted molar refractivity (Wildman–Crippen MR) is 156 cm³/mol. The van der Waals surface area contributed by atoms with Crippen molar-refractivity contribution in [3.05, 3.63) is 105 Å². The molecule has 0 saturated carbocycles. The van der Waals surface area contributed by atoms with Gasteiger partial charge in [-0.05, 0) is 49.4 Å². The zero-order valence-electron chi connectivity index (χ0n) is 21.9. The molecule has 2 N–H and O–H groups in total. The number of amides is 1. The number of anilines is 2. The maximum atomic E-state index is 14.8. The van der Waals surface area contributed by atoms with Gasteiger partial charge in [-0.2, -0.15) is 0 Å². The van der Waals surface area contributed by atoms with Crippen molar-refractivity contribution in [1.82, 2.24) is 20.2 Å². The van der Waals surface area contributed by atoms with Gasteiger partial charge >= 0.3 is 0 Å². The van der Waals surface area contributed by atoms with Gasteiger partial charge in [0.05, 0.1) is 34.1 Å². The first-order valence-electron chi connectivity index (χ1n) is 13.0. The van der Waals surface area contributed by atoms with Crippen LogP contribution in [0.25, 0.3) is 11.3 Å². The second-order valence-corrected chi connectivity index (χ2v) is 10.8. The van der Waals surface area contributed by atoms with Crippen LogP contribution in [-0.4, -0.2) is 52.2 Å². The first kappa shape index (κ1) is 27.3. The fraction of sp³-hybridized carbons (Fsp3) is 0.200. The molecule has 7 nitrogen and oxygen atoms in total. The number of piperazine rings is 1. The van der Waals surface area contributed by atoms with Crippen molar-refractivity contribution in [2.45, 2.75) is 19.5 Å². The number of carbonyl (C=O) groups is 1. The second-order valence-electron chi connectivity index (χ2n) is 9.94. The lowest BCUT2D eigenvalue weighted by atomic mass is 9.95. The largest absolute Gasteiger partial charge is 0.336 e. The van der Waals surface area contributed by atoms with E-state index in [1.54, 1.807) is 47.5 Å². The quantitative estimate of drug-likeness (QED) is 0.292. The van der Waals surface area contributed by atoms with Gasteiger partial charge in [-0.25, -0.2) is 18.7 Å². The average molecular weight is 593 g/mol. The number of hydrogen-bond acceptors (Lipinski definition) is 6. The van der Waals surface area contributed by atoms with Gasteiger partial charge in [-0.15, -0.1) is 0 Å². The highest BCUT2D eigenvalue weighted by atomic mass is 35.5. The molecule has 0 aliphatic carbocycles. The first-order valence-corrected chi connectivity index (χ1v) is 13.8. The number of fused-ring (bicyclic) bond motifs is 3. The van der Waals surface area contributed by atoms with Gasteiger partial charge < -0.3 is 15.5 Å². The van der Waals surface area contributed by atoms with Crippen LogP contribution in [-0.2, 0) is 6.54 Å². The summed E-state index contributed by atoms with van der Waals surface area (Å²) in [5.41, 5.74) is 3.23. The summed E-state index contributed by atoms with van der Waals surface area (Å²) in [6.07, 6.45) is 1.62. The molecule has 0 radical (unpaired) electrons. The van der Waals surface area contributed by atoms with E-state index in [0.29, 0.717) is 56.8 Å². The van der Waals surface area contributed by atoms with Crippen molar-refractivity contribution in [1.29, 1.82) is 0 Å². The Bertz CT molecular complexity index is 1690. The molecular weight excluding hydrogens is 569 g/mol. The van der Waals surface area contributed by atoms with Crippen LogP contribution in [0.2, 0.25) is 10.0 Å². The summed E-state index contributed by atoms with van der Waals surface area (Å²) in [6, 6.07) is 14.1. The molecule has 6 rings (SSSR count). The monoisotopic (exact) mass is 592 g/mol. The summed E-state index contributed by atoms with van der Waals surface area (Å²) >= 11 is 12.8. The van der Waals surface area contributed by atoms with Gasteiger partial charge in [0.1, 0.15) is 11.6 Å². The molecular formula is C30H24Cl2F2N6O. The standard InChI is InChI=1S/C30H24Cl2F2N6O/c1-16-15-40(10-9-35-16)29(41)21-8-6-19(12-23(21)32)38-30-37-14-17-13-36-28(26-24(33)3-2-4-25(26)34)22-11-18(31)5-7-20(22)27(17)39-30/h2-8,11-12,14,16,35H,9-10,13,15H2,1H3,(H,37,38,39). The third-order valence-corrected chi connectivity index (χ3v) is 7.62. The molecule has 0 bridgehead atoms. The van der Waals surface area contributed by atoms with Crippen LogP contribution in [0.5, 0.6) is 0 Å². The maximum Gasteiger partial charge on any atom is 0.255 e. The Balaban J connectivity index is 1.32. The number of benzene rings is 3. The highest BCUT2D eigenvalue weighted by Crippen LogP contribution is 2.35. The van der Waals surface area contributed by atoms with E-state index in [0.717, 1.165) is 6.54 Å². The van der Waals surface area contributed by atoms with Gasteiger partial charge in [0.25, 0.3) is 5.91 Å². The van der Waals surface area contributed by atoms with Crippen LogP contribution in [0.1, 0.15) is 34.0 Å². The fourth-order valence-electron chi connectivity index (χ4n) is 5.10. The van der Waals surface area contributed by atoms with Crippen LogP contribution < -0.4 is 10.6 Å². The maximum absolute atomic E-state index is 14.8. The number of nitrogens with zero attached hydrogens (tertiary/aromatic N) is 4. The van der Waals surface area contributed by atoms with Crippen molar-refractivity contribution in [2.24, 2.45) is 4.99 Å². The summed E-state index contributed by atoms with van der Waals surface area (Å²) in [5.74, 6) is -1.29. The van der Waals surface area contributed by atoms with E-state index in [4.69, 9.17) is 28.2 Å². The minimum Gasteiger partial charge on any atom is -0.336 e. The van der Waals surface area contributed by atoms with Crippen LogP contribution in [0, 0.1) is 11.6 Å². The van der Waals surface area contributed by atoms with Crippen molar-refractivity contribution in [2.75, 3.05) is 25.0 Å². The lowest BCUT2D eigenvalue weighted by Crippen LogP contribution is -2.51. The van der Waals surface area contributed by atoms with E-state index >= 15 is 0 Å². The SMILES string of the molecule is CC1CN(C(=O)c2ccc(Nc3ncc4c(n3)-c3ccc(Cl)cc3C(c3c(F)cccc3F)=NC4)cc2Cl)CCN1. The Kier molecular flexibility index (Phi) is 7.42. The Labute approximate surface area is 245 Å². The van der Waals surface area contributed by atoms with Gasteiger partial charge in [-0.1, -0.05) is 35.3 Å². The van der Waals surface area contributed by atoms with E-state index in [1.807, 2.05) is 6.92 Å². The van der Waals surface area contributed by atoms with Crippen molar-refractivity contribution < 1.29 is 13.6 Å². The highest BCUT2D eigenvalue weighted by Gasteiger charge is 2.26. The third kappa shape index (κ3) is 5.40. The first-order chi connectivity index (χ1) is 19.8. The molecule has 1 amide bonds. The van der Waals surface area contributed by atoms with E-state index in [2.05, 4.69) is 20.6 Å². The van der Waals surface area contributed by atoms with Crippen LogP contribution in [0.3, 0.4) is 0 Å². The summed E-state index contributed by atoms with van der Waals surface area (Å²) in [7, 11) is 0. The fourth-order valence-corrected chi connectivity index (χ4v) is 5.54. The number of halogens is 4. The van der Waals surface area contributed by atoms with Gasteiger partial charge in [-0.3, -0.25) is 9.79 Å². The Morgan fingerprint density at radius 2 is 1.88 bits per heavy atom. The summed E-state index contributed by atoms with van der Waals surface area (Å²) in [5, 5.41) is 7.17.